The first-order chi connectivity index (χ1) is 8.02. The third kappa shape index (κ3) is 4.54. The Hall–Kier alpha value is -1.39. The number of carbonyl (C=O) groups excluding carboxylic acids is 1. The summed E-state index contributed by atoms with van der Waals surface area (Å²) < 4.78 is 12.9. The summed E-state index contributed by atoms with van der Waals surface area (Å²) in [5.41, 5.74) is 0.628. The molecule has 0 heterocycles. The number of halogens is 2. The van der Waals surface area contributed by atoms with Crippen molar-refractivity contribution in [3.8, 4) is 0 Å². The summed E-state index contributed by atoms with van der Waals surface area (Å²) in [6, 6.07) is 3.87. The third-order valence-corrected chi connectivity index (χ3v) is 2.32. The summed E-state index contributed by atoms with van der Waals surface area (Å²) in [5.74, 6) is -0.825. The van der Waals surface area contributed by atoms with Gasteiger partial charge in [-0.1, -0.05) is 17.7 Å². The second-order valence-corrected chi connectivity index (χ2v) is 4.01. The number of aliphatic hydroxyl groups excluding tert-OH is 1. The minimum atomic E-state index is -0.498. The number of hydrogen-bond acceptors (Lipinski definition) is 2. The fourth-order valence-electron chi connectivity index (χ4n) is 1.12. The molecule has 5 heteroatoms. The minimum Gasteiger partial charge on any atom is -0.394 e. The second kappa shape index (κ2) is 6.37. The Labute approximate surface area is 104 Å². The molecule has 0 aliphatic carbocycles. The molecule has 3 nitrogen and oxygen atoms in total. The highest BCUT2D eigenvalue weighted by molar-refractivity contribution is 6.30. The molecule has 0 spiro atoms. The highest BCUT2D eigenvalue weighted by Crippen LogP contribution is 2.16. The van der Waals surface area contributed by atoms with Crippen molar-refractivity contribution in [2.45, 2.75) is 13.0 Å². The lowest BCUT2D eigenvalue weighted by atomic mass is 10.2. The molecule has 1 rings (SSSR count). The molecule has 1 aromatic rings. The van der Waals surface area contributed by atoms with E-state index < -0.39 is 5.82 Å². The summed E-state index contributed by atoms with van der Waals surface area (Å²) >= 11 is 5.59. The average molecular weight is 258 g/mol. The topological polar surface area (TPSA) is 49.3 Å². The van der Waals surface area contributed by atoms with Crippen LogP contribution in [-0.2, 0) is 4.79 Å². The summed E-state index contributed by atoms with van der Waals surface area (Å²) in [7, 11) is 0. The highest BCUT2D eigenvalue weighted by Gasteiger charge is 2.02. The van der Waals surface area contributed by atoms with Crippen LogP contribution in [0.15, 0.2) is 24.3 Å². The SMILES string of the molecule is CC(CO)NC(=O)/C=C/c1ccc(F)c(Cl)c1. The van der Waals surface area contributed by atoms with Crippen molar-refractivity contribution in [2.75, 3.05) is 6.61 Å². The average Bonchev–Trinajstić information content (AvgIpc) is 2.30. The van der Waals surface area contributed by atoms with Gasteiger partial charge in [0.2, 0.25) is 5.91 Å². The van der Waals surface area contributed by atoms with Gasteiger partial charge in [-0.2, -0.15) is 0 Å². The Balaban J connectivity index is 2.64. The molecule has 0 saturated carbocycles. The van der Waals surface area contributed by atoms with Gasteiger partial charge in [0.15, 0.2) is 0 Å². The number of nitrogens with one attached hydrogen (secondary N) is 1. The maximum absolute atomic E-state index is 12.9. The summed E-state index contributed by atoms with van der Waals surface area (Å²) in [4.78, 5) is 11.3. The summed E-state index contributed by atoms with van der Waals surface area (Å²) in [5, 5.41) is 11.3. The van der Waals surface area contributed by atoms with E-state index in [1.165, 1.54) is 30.4 Å². The molecule has 0 aromatic heterocycles. The van der Waals surface area contributed by atoms with Crippen LogP contribution >= 0.6 is 11.6 Å². The van der Waals surface area contributed by atoms with Crippen molar-refractivity contribution in [3.63, 3.8) is 0 Å². The van der Waals surface area contributed by atoms with Crippen molar-refractivity contribution >= 4 is 23.6 Å². The lowest BCUT2D eigenvalue weighted by Crippen LogP contribution is -2.33. The molecule has 1 atom stereocenters. The molecular weight excluding hydrogens is 245 g/mol. The molecule has 0 fully saturated rings. The van der Waals surface area contributed by atoms with Crippen LogP contribution in [0.3, 0.4) is 0 Å². The fraction of sp³-hybridized carbons (Fsp3) is 0.250. The number of aliphatic hydroxyl groups is 1. The van der Waals surface area contributed by atoms with E-state index in [1.807, 2.05) is 0 Å². The van der Waals surface area contributed by atoms with Gasteiger partial charge in [0, 0.05) is 12.1 Å². The van der Waals surface area contributed by atoms with Gasteiger partial charge in [0.05, 0.1) is 11.6 Å². The minimum absolute atomic E-state index is 0.0104. The molecule has 0 aliphatic heterocycles. The molecule has 0 saturated heterocycles. The number of hydrogen-bond donors (Lipinski definition) is 2. The molecule has 1 unspecified atom stereocenters. The smallest absolute Gasteiger partial charge is 0.244 e. The number of carbonyl (C=O) groups is 1. The standard InChI is InChI=1S/C12H13ClFNO2/c1-8(7-16)15-12(17)5-3-9-2-4-11(14)10(13)6-9/h2-6,8,16H,7H2,1H3,(H,15,17)/b5-3+. The van der Waals surface area contributed by atoms with Crippen LogP contribution in [0.5, 0.6) is 0 Å². The molecule has 1 amide bonds. The van der Waals surface area contributed by atoms with Gasteiger partial charge in [-0.25, -0.2) is 4.39 Å². The van der Waals surface area contributed by atoms with E-state index in [0.717, 1.165) is 0 Å². The lowest BCUT2D eigenvalue weighted by molar-refractivity contribution is -0.117. The van der Waals surface area contributed by atoms with Crippen molar-refractivity contribution in [1.29, 1.82) is 0 Å². The maximum atomic E-state index is 12.9. The van der Waals surface area contributed by atoms with E-state index in [0.29, 0.717) is 5.56 Å². The number of amides is 1. The van der Waals surface area contributed by atoms with Crippen LogP contribution in [0.4, 0.5) is 4.39 Å². The molecule has 1 aromatic carbocycles. The Morgan fingerprint density at radius 2 is 2.35 bits per heavy atom. The monoisotopic (exact) mass is 257 g/mol. The summed E-state index contributed by atoms with van der Waals surface area (Å²) in [6.45, 7) is 1.56. The first-order valence-electron chi connectivity index (χ1n) is 5.07. The largest absolute Gasteiger partial charge is 0.394 e. The van der Waals surface area contributed by atoms with Gasteiger partial charge in [-0.05, 0) is 30.7 Å². The highest BCUT2D eigenvalue weighted by atomic mass is 35.5. The van der Waals surface area contributed by atoms with Crippen molar-refractivity contribution in [3.05, 3.63) is 40.7 Å². The molecule has 17 heavy (non-hydrogen) atoms. The van der Waals surface area contributed by atoms with E-state index in [9.17, 15) is 9.18 Å². The number of benzene rings is 1. The number of rotatable bonds is 4. The Morgan fingerprint density at radius 1 is 1.65 bits per heavy atom. The van der Waals surface area contributed by atoms with Gasteiger partial charge in [0.1, 0.15) is 5.82 Å². The van der Waals surface area contributed by atoms with Crippen molar-refractivity contribution in [1.82, 2.24) is 5.32 Å². The zero-order valence-corrected chi connectivity index (χ0v) is 10.0. The van der Waals surface area contributed by atoms with Gasteiger partial charge in [0.25, 0.3) is 0 Å². The maximum Gasteiger partial charge on any atom is 0.244 e. The molecule has 0 radical (unpaired) electrons. The van der Waals surface area contributed by atoms with Gasteiger partial charge in [-0.3, -0.25) is 4.79 Å². The van der Waals surface area contributed by atoms with Crippen molar-refractivity contribution in [2.24, 2.45) is 0 Å². The second-order valence-electron chi connectivity index (χ2n) is 3.60. The fourth-order valence-corrected chi connectivity index (χ4v) is 1.31. The zero-order chi connectivity index (χ0) is 12.8. The molecular formula is C12H13ClFNO2. The van der Waals surface area contributed by atoms with Gasteiger partial charge >= 0.3 is 0 Å². The lowest BCUT2D eigenvalue weighted by Gasteiger charge is -2.07. The van der Waals surface area contributed by atoms with Crippen LogP contribution in [0.1, 0.15) is 12.5 Å². The van der Waals surface area contributed by atoms with Crippen LogP contribution < -0.4 is 5.32 Å². The zero-order valence-electron chi connectivity index (χ0n) is 9.28. The van der Waals surface area contributed by atoms with Crippen LogP contribution in [0, 0.1) is 5.82 Å². The van der Waals surface area contributed by atoms with Crippen LogP contribution in [-0.4, -0.2) is 23.7 Å². The first kappa shape index (κ1) is 13.7. The Kier molecular flexibility index (Phi) is 5.12. The molecule has 2 N–H and O–H groups in total. The molecule has 92 valence electrons. The molecule has 0 aliphatic rings. The van der Waals surface area contributed by atoms with Crippen LogP contribution in [0.2, 0.25) is 5.02 Å². The first-order valence-corrected chi connectivity index (χ1v) is 5.45. The third-order valence-electron chi connectivity index (χ3n) is 2.03. The van der Waals surface area contributed by atoms with Crippen molar-refractivity contribution < 1.29 is 14.3 Å². The quantitative estimate of drug-likeness (QED) is 0.811. The Bertz CT molecular complexity index is 435. The Morgan fingerprint density at radius 3 is 2.94 bits per heavy atom. The van der Waals surface area contributed by atoms with Gasteiger partial charge < -0.3 is 10.4 Å². The van der Waals surface area contributed by atoms with Gasteiger partial charge in [-0.15, -0.1) is 0 Å². The summed E-state index contributed by atoms with van der Waals surface area (Å²) in [6.07, 6.45) is 2.82. The predicted molar refractivity (Wildman–Crippen MR) is 65.1 cm³/mol. The van der Waals surface area contributed by atoms with E-state index in [1.54, 1.807) is 6.92 Å². The van der Waals surface area contributed by atoms with E-state index in [2.05, 4.69) is 5.32 Å². The van der Waals surface area contributed by atoms with E-state index in [-0.39, 0.29) is 23.6 Å². The predicted octanol–water partition coefficient (Wildman–Crippen LogP) is 1.99. The van der Waals surface area contributed by atoms with E-state index in [4.69, 9.17) is 16.7 Å². The normalized spacial score (nSPS) is 12.7. The molecule has 0 bridgehead atoms. The van der Waals surface area contributed by atoms with E-state index >= 15 is 0 Å². The van der Waals surface area contributed by atoms with Crippen LogP contribution in [0.25, 0.3) is 6.08 Å².